The highest BCUT2D eigenvalue weighted by Crippen LogP contribution is 2.32. The Bertz CT molecular complexity index is 1040. The number of carboxylic acid groups (broad SMARTS) is 1. The molecule has 0 heterocycles. The number of nitrogens with zero attached hydrogens (tertiary/aromatic N) is 1. The summed E-state index contributed by atoms with van der Waals surface area (Å²) in [5, 5.41) is 11.5. The number of aliphatic carboxylic acids is 1. The van der Waals surface area contributed by atoms with Crippen molar-refractivity contribution in [1.29, 1.82) is 0 Å². The number of amides is 1. The van der Waals surface area contributed by atoms with Crippen LogP contribution in [0.25, 0.3) is 0 Å². The molecule has 2 aliphatic carbocycles. The molecule has 0 aliphatic heterocycles. The summed E-state index contributed by atoms with van der Waals surface area (Å²) in [6.07, 6.45) is 4.23. The van der Waals surface area contributed by atoms with Gasteiger partial charge in [0.05, 0.1) is 18.9 Å². The lowest BCUT2D eigenvalue weighted by Crippen LogP contribution is -2.38. The third-order valence-corrected chi connectivity index (χ3v) is 7.42. The first-order valence-electron chi connectivity index (χ1n) is 14.2. The molecule has 0 bridgehead atoms. The Kier molecular flexibility index (Phi) is 11.6. The molecule has 218 valence electrons. The van der Waals surface area contributed by atoms with Gasteiger partial charge >= 0.3 is 18.0 Å². The minimum absolute atomic E-state index is 0.0500. The third-order valence-electron chi connectivity index (χ3n) is 7.42. The lowest BCUT2D eigenvalue weighted by Gasteiger charge is -2.29. The maximum absolute atomic E-state index is 11.9. The van der Waals surface area contributed by atoms with E-state index in [9.17, 15) is 14.4 Å². The molecule has 2 aromatic rings. The second kappa shape index (κ2) is 14.8. The first-order valence-corrected chi connectivity index (χ1v) is 14.2. The highest BCUT2D eigenvalue weighted by Gasteiger charge is 2.34. The second-order valence-corrected chi connectivity index (χ2v) is 11.8. The van der Waals surface area contributed by atoms with Crippen molar-refractivity contribution < 1.29 is 29.0 Å². The number of methoxy groups -OCH3 is 1. The van der Waals surface area contributed by atoms with E-state index in [0.717, 1.165) is 32.4 Å². The second-order valence-electron chi connectivity index (χ2n) is 11.8. The summed E-state index contributed by atoms with van der Waals surface area (Å²) < 4.78 is 10.0. The Morgan fingerprint density at radius 3 is 1.88 bits per heavy atom. The van der Waals surface area contributed by atoms with Gasteiger partial charge in [0.2, 0.25) is 0 Å². The van der Waals surface area contributed by atoms with Crippen molar-refractivity contribution in [1.82, 2.24) is 10.2 Å². The highest BCUT2D eigenvalue weighted by molar-refractivity contribution is 5.72. The monoisotopic (exact) mass is 552 g/mol. The standard InChI is InChI=1S/C21H25NO2.C11H19NO4/c1-24-21(23)19-12-13-20(14-19)22(15-17-8-4-2-5-9-17)16-18-10-6-3-7-11-18;1-11(2,3)16-10(15)12-8-5-4-7(6-8)9(13)14/h2-11,19-20H,12-16H2,1H3;7-8H,4-6H2,1-3H3,(H,12,15)(H,13,14)/t19?,20-;7?,8-/m11/s1. The van der Waals surface area contributed by atoms with Crippen LogP contribution in [0.2, 0.25) is 0 Å². The van der Waals surface area contributed by atoms with Gasteiger partial charge in [0.25, 0.3) is 0 Å². The van der Waals surface area contributed by atoms with E-state index in [1.807, 2.05) is 12.1 Å². The van der Waals surface area contributed by atoms with Crippen molar-refractivity contribution >= 4 is 18.0 Å². The van der Waals surface area contributed by atoms with Crippen LogP contribution in [0.4, 0.5) is 4.79 Å². The summed E-state index contributed by atoms with van der Waals surface area (Å²) >= 11 is 0. The minimum Gasteiger partial charge on any atom is -0.481 e. The summed E-state index contributed by atoms with van der Waals surface area (Å²) in [5.41, 5.74) is 2.11. The number of benzene rings is 2. The Balaban J connectivity index is 0.000000241. The van der Waals surface area contributed by atoms with Crippen LogP contribution in [0.5, 0.6) is 0 Å². The molecule has 1 amide bonds. The predicted octanol–water partition coefficient (Wildman–Crippen LogP) is 5.79. The zero-order chi connectivity index (χ0) is 29.1. The van der Waals surface area contributed by atoms with E-state index in [0.29, 0.717) is 25.3 Å². The van der Waals surface area contributed by atoms with Gasteiger partial charge in [-0.15, -0.1) is 0 Å². The minimum atomic E-state index is -0.784. The molecule has 4 atom stereocenters. The largest absolute Gasteiger partial charge is 0.481 e. The maximum Gasteiger partial charge on any atom is 0.407 e. The fourth-order valence-corrected chi connectivity index (χ4v) is 5.43. The number of hydrogen-bond acceptors (Lipinski definition) is 6. The van der Waals surface area contributed by atoms with Gasteiger partial charge in [0.15, 0.2) is 0 Å². The van der Waals surface area contributed by atoms with Crippen LogP contribution in [0.3, 0.4) is 0 Å². The van der Waals surface area contributed by atoms with E-state index in [-0.39, 0.29) is 23.8 Å². The SMILES string of the molecule is CC(C)(C)OC(=O)N[C@@H]1CCC(C(=O)O)C1.COC(=O)C1CC[C@@H](N(Cc2ccccc2)Cc2ccccc2)C1. The predicted molar refractivity (Wildman–Crippen MR) is 153 cm³/mol. The number of esters is 1. The molecule has 0 spiro atoms. The molecule has 2 N–H and O–H groups in total. The van der Waals surface area contributed by atoms with Crippen LogP contribution in [0, 0.1) is 11.8 Å². The van der Waals surface area contributed by atoms with E-state index in [2.05, 4.69) is 58.7 Å². The van der Waals surface area contributed by atoms with Gasteiger partial charge in [-0.3, -0.25) is 14.5 Å². The number of ether oxygens (including phenoxy) is 2. The van der Waals surface area contributed by atoms with Crippen molar-refractivity contribution in [3.8, 4) is 0 Å². The first-order chi connectivity index (χ1) is 19.0. The molecule has 8 heteroatoms. The highest BCUT2D eigenvalue weighted by atomic mass is 16.6. The van der Waals surface area contributed by atoms with E-state index in [4.69, 9.17) is 14.6 Å². The quantitative estimate of drug-likeness (QED) is 0.399. The third kappa shape index (κ3) is 10.3. The molecule has 2 saturated carbocycles. The van der Waals surface area contributed by atoms with Crippen LogP contribution in [0.15, 0.2) is 60.7 Å². The molecule has 4 rings (SSSR count). The summed E-state index contributed by atoms with van der Waals surface area (Å²) in [6.45, 7) is 7.20. The Morgan fingerprint density at radius 1 is 0.850 bits per heavy atom. The molecule has 40 heavy (non-hydrogen) atoms. The molecule has 8 nitrogen and oxygen atoms in total. The van der Waals surface area contributed by atoms with Crippen molar-refractivity contribution in [3.63, 3.8) is 0 Å². The van der Waals surface area contributed by atoms with Gasteiger partial charge in [-0.25, -0.2) is 4.79 Å². The van der Waals surface area contributed by atoms with Crippen molar-refractivity contribution in [2.45, 2.75) is 90.1 Å². The maximum atomic E-state index is 11.9. The van der Waals surface area contributed by atoms with Crippen LogP contribution in [-0.4, -0.2) is 52.8 Å². The van der Waals surface area contributed by atoms with E-state index in [1.165, 1.54) is 18.2 Å². The van der Waals surface area contributed by atoms with Gasteiger partial charge in [0, 0.05) is 25.2 Å². The van der Waals surface area contributed by atoms with Gasteiger partial charge in [-0.1, -0.05) is 60.7 Å². The number of alkyl carbamates (subject to hydrolysis) is 1. The van der Waals surface area contributed by atoms with Crippen LogP contribution in [0.1, 0.15) is 70.4 Å². The van der Waals surface area contributed by atoms with Crippen molar-refractivity contribution in [2.24, 2.45) is 11.8 Å². The zero-order valence-electron chi connectivity index (χ0n) is 24.2. The molecule has 0 aromatic heterocycles. The molecular weight excluding hydrogens is 508 g/mol. The van der Waals surface area contributed by atoms with E-state index in [1.54, 1.807) is 20.8 Å². The summed E-state index contributed by atoms with van der Waals surface area (Å²) in [6, 6.07) is 21.5. The van der Waals surface area contributed by atoms with Crippen LogP contribution < -0.4 is 5.32 Å². The van der Waals surface area contributed by atoms with Crippen molar-refractivity contribution in [2.75, 3.05) is 7.11 Å². The molecule has 0 saturated heterocycles. The molecule has 2 aromatic carbocycles. The van der Waals surface area contributed by atoms with Crippen LogP contribution in [-0.2, 0) is 32.2 Å². The topological polar surface area (TPSA) is 105 Å². The fourth-order valence-electron chi connectivity index (χ4n) is 5.43. The van der Waals surface area contributed by atoms with Crippen molar-refractivity contribution in [3.05, 3.63) is 71.8 Å². The average Bonchev–Trinajstić information content (AvgIpc) is 3.59. The molecular formula is C32H44N2O6. The number of nitrogens with one attached hydrogen (secondary N) is 1. The summed E-state index contributed by atoms with van der Waals surface area (Å²) in [7, 11) is 1.49. The summed E-state index contributed by atoms with van der Waals surface area (Å²) in [5.74, 6) is -1.13. The Morgan fingerprint density at radius 2 is 1.40 bits per heavy atom. The molecule has 2 fully saturated rings. The molecule has 0 radical (unpaired) electrons. The van der Waals surface area contributed by atoms with E-state index >= 15 is 0 Å². The van der Waals surface area contributed by atoms with Crippen LogP contribution >= 0.6 is 0 Å². The Hall–Kier alpha value is -3.39. The summed E-state index contributed by atoms with van der Waals surface area (Å²) in [4.78, 5) is 36.5. The fraction of sp³-hybridized carbons (Fsp3) is 0.531. The molecule has 2 unspecified atom stereocenters. The number of carboxylic acids is 1. The van der Waals surface area contributed by atoms with Gasteiger partial charge in [-0.05, 0) is 70.4 Å². The number of hydrogen-bond donors (Lipinski definition) is 2. The zero-order valence-corrected chi connectivity index (χ0v) is 24.2. The van der Waals surface area contributed by atoms with Gasteiger partial charge < -0.3 is 19.9 Å². The number of carbonyl (C=O) groups is 3. The van der Waals surface area contributed by atoms with Gasteiger partial charge in [0.1, 0.15) is 5.60 Å². The smallest absolute Gasteiger partial charge is 0.407 e. The number of rotatable bonds is 8. The lowest BCUT2D eigenvalue weighted by atomic mass is 10.1. The normalized spacial score (nSPS) is 22.2. The lowest BCUT2D eigenvalue weighted by molar-refractivity contribution is -0.145. The molecule has 2 aliphatic rings. The first kappa shape index (κ1) is 31.1. The van der Waals surface area contributed by atoms with Gasteiger partial charge in [-0.2, -0.15) is 0 Å². The average molecular weight is 553 g/mol. The van der Waals surface area contributed by atoms with E-state index < -0.39 is 17.7 Å². The number of carbonyl (C=O) groups excluding carboxylic acids is 2. The Labute approximate surface area is 238 Å².